The van der Waals surface area contributed by atoms with E-state index in [1.54, 1.807) is 44.3 Å². The van der Waals surface area contributed by atoms with Crippen LogP contribution >= 0.6 is 44.3 Å². The van der Waals surface area contributed by atoms with Gasteiger partial charge in [-0.15, -0.1) is 22.7 Å². The summed E-state index contributed by atoms with van der Waals surface area (Å²) in [5.41, 5.74) is -0.449. The Kier molecular flexibility index (Phi) is 5.68. The van der Waals surface area contributed by atoms with Gasteiger partial charge in [0, 0.05) is 0 Å². The van der Waals surface area contributed by atoms with Crippen molar-refractivity contribution in [2.24, 2.45) is 0 Å². The first kappa shape index (κ1) is 17.9. The molecule has 0 saturated heterocycles. The lowest BCUT2D eigenvalue weighted by atomic mass is 10.2. The van der Waals surface area contributed by atoms with Crippen molar-refractivity contribution in [1.82, 2.24) is 9.97 Å². The highest BCUT2D eigenvalue weighted by Gasteiger charge is 2.16. The number of hydrogen-bond acceptors (Lipinski definition) is 8. The van der Waals surface area contributed by atoms with Crippen molar-refractivity contribution in [3.63, 3.8) is 0 Å². The van der Waals surface area contributed by atoms with Gasteiger partial charge in [0.05, 0.1) is 10.8 Å². The molecule has 0 aliphatic rings. The molecule has 0 N–H and O–H groups in total. The molecule has 0 saturated carbocycles. The number of rotatable bonds is 5. The van der Waals surface area contributed by atoms with E-state index in [9.17, 15) is 0 Å². The van der Waals surface area contributed by atoms with Crippen molar-refractivity contribution < 1.29 is 9.47 Å². The topological polar surface area (TPSA) is 44.2 Å². The molecule has 22 heavy (non-hydrogen) atoms. The van der Waals surface area contributed by atoms with Crippen LogP contribution in [0.4, 0.5) is 0 Å². The van der Waals surface area contributed by atoms with E-state index >= 15 is 0 Å². The highest BCUT2D eigenvalue weighted by Crippen LogP contribution is 2.42. The summed E-state index contributed by atoms with van der Waals surface area (Å²) in [6, 6.07) is 0. The normalized spacial score (nSPS) is 12.5. The van der Waals surface area contributed by atoms with Crippen molar-refractivity contribution in [2.75, 3.05) is 0 Å². The minimum atomic E-state index is -0.225. The third kappa shape index (κ3) is 6.36. The fourth-order valence-corrected chi connectivity index (χ4v) is 5.22. The van der Waals surface area contributed by atoms with Crippen LogP contribution in [0.1, 0.15) is 41.5 Å². The first-order valence-corrected chi connectivity index (χ1v) is 10.7. The summed E-state index contributed by atoms with van der Waals surface area (Å²) < 4.78 is 13.4. The molecule has 0 unspecified atom stereocenters. The van der Waals surface area contributed by atoms with Crippen LogP contribution in [0.25, 0.3) is 0 Å². The summed E-state index contributed by atoms with van der Waals surface area (Å²) in [5, 5.41) is 3.87. The van der Waals surface area contributed by atoms with E-state index < -0.39 is 0 Å². The maximum Gasteiger partial charge on any atom is 0.226 e. The molecule has 4 nitrogen and oxygen atoms in total. The number of hydrogen-bond donors (Lipinski definition) is 0. The number of aromatic nitrogens is 2. The van der Waals surface area contributed by atoms with Gasteiger partial charge in [-0.25, -0.2) is 0 Å². The zero-order valence-corrected chi connectivity index (χ0v) is 16.8. The second kappa shape index (κ2) is 6.98. The smallest absolute Gasteiger partial charge is 0.226 e. The Morgan fingerprint density at radius 1 is 0.773 bits per heavy atom. The van der Waals surface area contributed by atoms with Gasteiger partial charge in [0.2, 0.25) is 11.8 Å². The van der Waals surface area contributed by atoms with E-state index in [1.807, 2.05) is 52.3 Å². The third-order valence-electron chi connectivity index (χ3n) is 1.93. The van der Waals surface area contributed by atoms with Gasteiger partial charge in [0.1, 0.15) is 11.2 Å². The Bertz CT molecular complexity index is 557. The second-order valence-corrected chi connectivity index (χ2v) is 10.8. The molecule has 8 heteroatoms. The van der Waals surface area contributed by atoms with E-state index in [0.29, 0.717) is 11.8 Å². The van der Waals surface area contributed by atoms with Gasteiger partial charge >= 0.3 is 0 Å². The molecule has 2 aromatic rings. The first-order valence-electron chi connectivity index (χ1n) is 6.74. The van der Waals surface area contributed by atoms with Crippen LogP contribution in [0.3, 0.4) is 0 Å². The fourth-order valence-electron chi connectivity index (χ4n) is 1.36. The molecule has 0 amide bonds. The first-order chi connectivity index (χ1) is 10.1. The van der Waals surface area contributed by atoms with Crippen LogP contribution in [0.2, 0.25) is 0 Å². The zero-order valence-electron chi connectivity index (χ0n) is 13.5. The standard InChI is InChI=1S/C14H20N2O2S4/c1-13(2,3)17-9-7-19-11(15-9)21-22-12-16-10(8-20-12)18-14(4,5)6/h7-8H,1-6H3. The number of thiazole rings is 2. The Morgan fingerprint density at radius 2 is 1.14 bits per heavy atom. The molecule has 122 valence electrons. The molecule has 0 radical (unpaired) electrons. The predicted octanol–water partition coefficient (Wildman–Crippen LogP) is 5.75. The highest BCUT2D eigenvalue weighted by atomic mass is 33.1. The predicted molar refractivity (Wildman–Crippen MR) is 96.7 cm³/mol. The van der Waals surface area contributed by atoms with E-state index in [4.69, 9.17) is 9.47 Å². The molecule has 2 rings (SSSR count). The van der Waals surface area contributed by atoms with Crippen LogP contribution in [-0.2, 0) is 0 Å². The van der Waals surface area contributed by atoms with Crippen LogP contribution in [0.5, 0.6) is 11.8 Å². The van der Waals surface area contributed by atoms with Gasteiger partial charge in [0.25, 0.3) is 0 Å². The van der Waals surface area contributed by atoms with E-state index in [0.717, 1.165) is 8.68 Å². The summed E-state index contributed by atoms with van der Waals surface area (Å²) in [4.78, 5) is 8.92. The van der Waals surface area contributed by atoms with E-state index in [-0.39, 0.29) is 11.2 Å². The molecular formula is C14H20N2O2S4. The van der Waals surface area contributed by atoms with Crippen molar-refractivity contribution in [1.29, 1.82) is 0 Å². The molecule has 0 spiro atoms. The van der Waals surface area contributed by atoms with Gasteiger partial charge < -0.3 is 9.47 Å². The summed E-state index contributed by atoms with van der Waals surface area (Å²) in [6.07, 6.45) is 0. The minimum Gasteiger partial charge on any atom is -0.471 e. The molecule has 0 atom stereocenters. The largest absolute Gasteiger partial charge is 0.471 e. The molecule has 0 aliphatic carbocycles. The highest BCUT2D eigenvalue weighted by molar-refractivity contribution is 8.77. The molecule has 0 aromatic carbocycles. The zero-order chi connectivity index (χ0) is 16.4. The van der Waals surface area contributed by atoms with Gasteiger partial charge in [-0.1, -0.05) is 0 Å². The van der Waals surface area contributed by atoms with E-state index in [2.05, 4.69) is 9.97 Å². The van der Waals surface area contributed by atoms with Crippen LogP contribution < -0.4 is 9.47 Å². The van der Waals surface area contributed by atoms with E-state index in [1.165, 1.54) is 0 Å². The van der Waals surface area contributed by atoms with Gasteiger partial charge in [-0.2, -0.15) is 9.97 Å². The summed E-state index contributed by atoms with van der Waals surface area (Å²) in [6.45, 7) is 12.1. The van der Waals surface area contributed by atoms with Crippen molar-refractivity contribution in [3.8, 4) is 11.8 Å². The van der Waals surface area contributed by atoms with Crippen LogP contribution in [-0.4, -0.2) is 21.2 Å². The summed E-state index contributed by atoms with van der Waals surface area (Å²) in [5.74, 6) is 1.35. The maximum atomic E-state index is 5.74. The molecule has 0 aliphatic heterocycles. The minimum absolute atomic E-state index is 0.225. The Hall–Kier alpha value is -0.440. The van der Waals surface area contributed by atoms with Gasteiger partial charge in [-0.3, -0.25) is 0 Å². The Balaban J connectivity index is 1.88. The lowest BCUT2D eigenvalue weighted by Gasteiger charge is -2.18. The lowest BCUT2D eigenvalue weighted by Crippen LogP contribution is -2.23. The third-order valence-corrected chi connectivity index (χ3v) is 6.61. The van der Waals surface area contributed by atoms with Crippen molar-refractivity contribution >= 4 is 44.3 Å². The SMILES string of the molecule is CC(C)(C)Oc1csc(SSc2nc(OC(C)(C)C)cs2)n1. The quantitative estimate of drug-likeness (QED) is 0.619. The second-order valence-electron chi connectivity index (χ2n) is 6.50. The Morgan fingerprint density at radius 3 is 1.45 bits per heavy atom. The average Bonchev–Trinajstić information content (AvgIpc) is 2.92. The number of ether oxygens (including phenoxy) is 2. The number of nitrogens with zero attached hydrogens (tertiary/aromatic N) is 2. The van der Waals surface area contributed by atoms with Crippen LogP contribution in [0.15, 0.2) is 19.4 Å². The summed E-state index contributed by atoms with van der Waals surface area (Å²) >= 11 is 3.16. The molecule has 0 bridgehead atoms. The molecule has 2 aromatic heterocycles. The Labute approximate surface area is 147 Å². The van der Waals surface area contributed by atoms with Crippen molar-refractivity contribution in [2.45, 2.75) is 61.4 Å². The maximum absolute atomic E-state index is 5.74. The lowest BCUT2D eigenvalue weighted by molar-refractivity contribution is 0.124. The van der Waals surface area contributed by atoms with Crippen molar-refractivity contribution in [3.05, 3.63) is 10.8 Å². The molecule has 0 fully saturated rings. The fraction of sp³-hybridized carbons (Fsp3) is 0.571. The molecular weight excluding hydrogens is 356 g/mol. The molecule has 2 heterocycles. The van der Waals surface area contributed by atoms with Gasteiger partial charge in [0.15, 0.2) is 8.68 Å². The monoisotopic (exact) mass is 376 g/mol. The van der Waals surface area contributed by atoms with Gasteiger partial charge in [-0.05, 0) is 63.1 Å². The van der Waals surface area contributed by atoms with Crippen LogP contribution in [0, 0.1) is 0 Å². The summed E-state index contributed by atoms with van der Waals surface area (Å²) in [7, 11) is 3.18. The average molecular weight is 377 g/mol.